The predicted octanol–water partition coefficient (Wildman–Crippen LogP) is 3.47. The molecule has 0 spiro atoms. The second-order valence-electron chi connectivity index (χ2n) is 7.91. The number of amides is 1. The van der Waals surface area contributed by atoms with Crippen LogP contribution < -0.4 is 4.74 Å². The Kier molecular flexibility index (Phi) is 5.58. The molecule has 0 aliphatic carbocycles. The normalized spacial score (nSPS) is 19.1. The van der Waals surface area contributed by atoms with Crippen LogP contribution in [0.3, 0.4) is 0 Å². The van der Waals surface area contributed by atoms with Gasteiger partial charge in [-0.05, 0) is 56.0 Å². The van der Waals surface area contributed by atoms with E-state index in [0.29, 0.717) is 19.6 Å². The van der Waals surface area contributed by atoms with E-state index in [1.807, 2.05) is 23.2 Å². The molecule has 144 valence electrons. The molecule has 0 bridgehead atoms. The SMILES string of the molecule is CC1CCN(Cc2ccc(OCCN3CCCC3=O)c3ncccc23)CC1. The van der Waals surface area contributed by atoms with Gasteiger partial charge >= 0.3 is 0 Å². The highest BCUT2D eigenvalue weighted by atomic mass is 16.5. The molecule has 5 nitrogen and oxygen atoms in total. The summed E-state index contributed by atoms with van der Waals surface area (Å²) in [6.45, 7) is 7.68. The number of aromatic nitrogens is 1. The molecule has 2 saturated heterocycles. The van der Waals surface area contributed by atoms with Crippen molar-refractivity contribution in [2.24, 2.45) is 5.92 Å². The van der Waals surface area contributed by atoms with E-state index in [2.05, 4.69) is 28.9 Å². The third-order valence-electron chi connectivity index (χ3n) is 5.88. The van der Waals surface area contributed by atoms with Gasteiger partial charge in [0.05, 0.1) is 6.54 Å². The maximum Gasteiger partial charge on any atom is 0.222 e. The van der Waals surface area contributed by atoms with E-state index in [1.54, 1.807) is 0 Å². The quantitative estimate of drug-likeness (QED) is 0.784. The zero-order chi connectivity index (χ0) is 18.6. The van der Waals surface area contributed by atoms with Crippen LogP contribution in [0.25, 0.3) is 10.9 Å². The van der Waals surface area contributed by atoms with Gasteiger partial charge in [-0.15, -0.1) is 0 Å². The number of carbonyl (C=O) groups is 1. The molecule has 0 atom stereocenters. The monoisotopic (exact) mass is 367 g/mol. The summed E-state index contributed by atoms with van der Waals surface area (Å²) in [6.07, 6.45) is 6.03. The first-order chi connectivity index (χ1) is 13.2. The van der Waals surface area contributed by atoms with Gasteiger partial charge in [0, 0.05) is 31.1 Å². The maximum atomic E-state index is 11.7. The lowest BCUT2D eigenvalue weighted by atomic mass is 9.98. The van der Waals surface area contributed by atoms with Gasteiger partial charge in [-0.25, -0.2) is 0 Å². The number of piperidine rings is 1. The van der Waals surface area contributed by atoms with Crippen molar-refractivity contribution < 1.29 is 9.53 Å². The van der Waals surface area contributed by atoms with E-state index in [4.69, 9.17) is 4.74 Å². The van der Waals surface area contributed by atoms with Gasteiger partial charge in [0.25, 0.3) is 0 Å². The van der Waals surface area contributed by atoms with Crippen molar-refractivity contribution in [1.82, 2.24) is 14.8 Å². The molecule has 0 unspecified atom stereocenters. The number of ether oxygens (including phenoxy) is 1. The fraction of sp³-hybridized carbons (Fsp3) is 0.545. The van der Waals surface area contributed by atoms with Crippen LogP contribution >= 0.6 is 0 Å². The zero-order valence-corrected chi connectivity index (χ0v) is 16.2. The van der Waals surface area contributed by atoms with Gasteiger partial charge in [0.1, 0.15) is 17.9 Å². The van der Waals surface area contributed by atoms with E-state index in [0.717, 1.165) is 36.7 Å². The lowest BCUT2D eigenvalue weighted by Gasteiger charge is -2.30. The molecule has 2 fully saturated rings. The van der Waals surface area contributed by atoms with E-state index in [9.17, 15) is 4.79 Å². The summed E-state index contributed by atoms with van der Waals surface area (Å²) in [5, 5.41) is 1.17. The molecule has 1 aromatic heterocycles. The van der Waals surface area contributed by atoms with Gasteiger partial charge in [0.15, 0.2) is 0 Å². The highest BCUT2D eigenvalue weighted by molar-refractivity contribution is 5.87. The number of pyridine rings is 1. The number of fused-ring (bicyclic) bond motifs is 1. The van der Waals surface area contributed by atoms with E-state index < -0.39 is 0 Å². The summed E-state index contributed by atoms with van der Waals surface area (Å²) in [5.41, 5.74) is 2.24. The number of nitrogens with zero attached hydrogens (tertiary/aromatic N) is 3. The number of hydrogen-bond donors (Lipinski definition) is 0. The molecule has 4 rings (SSSR count). The minimum atomic E-state index is 0.243. The average molecular weight is 367 g/mol. The number of rotatable bonds is 6. The Hall–Kier alpha value is -2.14. The van der Waals surface area contributed by atoms with Crippen LogP contribution in [0.1, 0.15) is 38.2 Å². The van der Waals surface area contributed by atoms with Crippen LogP contribution in [0, 0.1) is 5.92 Å². The summed E-state index contributed by atoms with van der Waals surface area (Å²) < 4.78 is 6.02. The highest BCUT2D eigenvalue weighted by Gasteiger charge is 2.20. The Morgan fingerprint density at radius 2 is 2.04 bits per heavy atom. The van der Waals surface area contributed by atoms with Crippen LogP contribution in [0.15, 0.2) is 30.5 Å². The molecule has 3 heterocycles. The fourth-order valence-corrected chi connectivity index (χ4v) is 4.13. The second kappa shape index (κ2) is 8.26. The maximum absolute atomic E-state index is 11.7. The molecule has 1 amide bonds. The Labute approximate surface area is 161 Å². The van der Waals surface area contributed by atoms with E-state index in [-0.39, 0.29) is 5.91 Å². The fourth-order valence-electron chi connectivity index (χ4n) is 4.13. The first-order valence-electron chi connectivity index (χ1n) is 10.2. The van der Waals surface area contributed by atoms with E-state index >= 15 is 0 Å². The molecular formula is C22H29N3O2. The molecule has 5 heteroatoms. The van der Waals surface area contributed by atoms with Gasteiger partial charge < -0.3 is 9.64 Å². The van der Waals surface area contributed by atoms with Crippen LogP contribution in [0.4, 0.5) is 0 Å². The van der Waals surface area contributed by atoms with Crippen LogP contribution in [0.5, 0.6) is 5.75 Å². The van der Waals surface area contributed by atoms with Crippen molar-refractivity contribution in [3.63, 3.8) is 0 Å². The predicted molar refractivity (Wildman–Crippen MR) is 107 cm³/mol. The number of carbonyl (C=O) groups excluding carboxylic acids is 1. The van der Waals surface area contributed by atoms with Gasteiger partial charge in [0.2, 0.25) is 5.91 Å². The summed E-state index contributed by atoms with van der Waals surface area (Å²) in [4.78, 5) is 20.8. The minimum Gasteiger partial charge on any atom is -0.489 e. The van der Waals surface area contributed by atoms with Crippen molar-refractivity contribution >= 4 is 16.8 Å². The molecule has 0 radical (unpaired) electrons. The summed E-state index contributed by atoms with van der Waals surface area (Å²) in [7, 11) is 0. The smallest absolute Gasteiger partial charge is 0.222 e. The van der Waals surface area contributed by atoms with Crippen molar-refractivity contribution in [1.29, 1.82) is 0 Å². The molecule has 2 aromatic rings. The number of hydrogen-bond acceptors (Lipinski definition) is 4. The van der Waals surface area contributed by atoms with Crippen molar-refractivity contribution in [2.75, 3.05) is 32.8 Å². The molecule has 2 aliphatic heterocycles. The first kappa shape index (κ1) is 18.2. The lowest BCUT2D eigenvalue weighted by molar-refractivity contribution is -0.128. The average Bonchev–Trinajstić information content (AvgIpc) is 3.10. The van der Waals surface area contributed by atoms with Gasteiger partial charge in [-0.2, -0.15) is 0 Å². The van der Waals surface area contributed by atoms with Crippen LogP contribution in [0.2, 0.25) is 0 Å². The van der Waals surface area contributed by atoms with Crippen molar-refractivity contribution in [2.45, 2.75) is 39.2 Å². The Morgan fingerprint density at radius 3 is 2.81 bits per heavy atom. The Morgan fingerprint density at radius 1 is 1.19 bits per heavy atom. The van der Waals surface area contributed by atoms with Crippen LogP contribution in [-0.4, -0.2) is 53.5 Å². The van der Waals surface area contributed by atoms with Crippen LogP contribution in [-0.2, 0) is 11.3 Å². The topological polar surface area (TPSA) is 45.7 Å². The minimum absolute atomic E-state index is 0.243. The third-order valence-corrected chi connectivity index (χ3v) is 5.88. The molecule has 1 aromatic carbocycles. The second-order valence-corrected chi connectivity index (χ2v) is 7.91. The summed E-state index contributed by atoms with van der Waals surface area (Å²) >= 11 is 0. The van der Waals surface area contributed by atoms with E-state index in [1.165, 1.54) is 36.9 Å². The third kappa shape index (κ3) is 4.24. The molecule has 0 N–H and O–H groups in total. The number of benzene rings is 1. The first-order valence-corrected chi connectivity index (χ1v) is 10.2. The number of likely N-dealkylation sites (tertiary alicyclic amines) is 2. The Bertz CT molecular complexity index is 799. The molecular weight excluding hydrogens is 338 g/mol. The van der Waals surface area contributed by atoms with Crippen molar-refractivity contribution in [3.05, 3.63) is 36.0 Å². The molecule has 27 heavy (non-hydrogen) atoms. The van der Waals surface area contributed by atoms with Gasteiger partial charge in [-0.3, -0.25) is 14.7 Å². The lowest BCUT2D eigenvalue weighted by Crippen LogP contribution is -2.32. The zero-order valence-electron chi connectivity index (χ0n) is 16.2. The highest BCUT2D eigenvalue weighted by Crippen LogP contribution is 2.28. The molecule has 0 saturated carbocycles. The van der Waals surface area contributed by atoms with Gasteiger partial charge in [-0.1, -0.05) is 19.1 Å². The summed E-state index contributed by atoms with van der Waals surface area (Å²) in [6, 6.07) is 8.36. The molecule has 2 aliphatic rings. The largest absolute Gasteiger partial charge is 0.489 e. The Balaban J connectivity index is 1.45. The summed E-state index contributed by atoms with van der Waals surface area (Å²) in [5.74, 6) is 1.90. The standard InChI is InChI=1S/C22H29N3O2/c1-17-8-12-24(13-9-17)16-18-6-7-20(22-19(18)4-2-10-23-22)27-15-14-25-11-3-5-21(25)26/h2,4,6-7,10,17H,3,5,8-9,11-16H2,1H3. The van der Waals surface area contributed by atoms with Crippen molar-refractivity contribution in [3.8, 4) is 5.75 Å².